The molecule has 0 aliphatic heterocycles. The second-order valence-electron chi connectivity index (χ2n) is 8.33. The molecule has 2 aromatic rings. The van der Waals surface area contributed by atoms with E-state index in [1.54, 1.807) is 17.9 Å². The van der Waals surface area contributed by atoms with Gasteiger partial charge in [-0.3, -0.25) is 9.59 Å². The molecule has 32 heavy (non-hydrogen) atoms. The smallest absolute Gasteiger partial charge is 0.310 e. The molecule has 5 heteroatoms. The van der Waals surface area contributed by atoms with Crippen LogP contribution in [-0.2, 0) is 20.9 Å². The molecule has 0 bridgehead atoms. The summed E-state index contributed by atoms with van der Waals surface area (Å²) in [5, 5.41) is 9.36. The quantitative estimate of drug-likeness (QED) is 0.433. The van der Waals surface area contributed by atoms with Gasteiger partial charge in [0.1, 0.15) is 0 Å². The van der Waals surface area contributed by atoms with Crippen LogP contribution in [-0.4, -0.2) is 29.9 Å². The van der Waals surface area contributed by atoms with Gasteiger partial charge in [0.05, 0.1) is 24.2 Å². The minimum atomic E-state index is -0.359. The van der Waals surface area contributed by atoms with Gasteiger partial charge in [0, 0.05) is 19.5 Å². The highest BCUT2D eigenvalue weighted by molar-refractivity contribution is 5.78. The Labute approximate surface area is 192 Å². The number of rotatable bonds is 11. The number of benzene rings is 2. The van der Waals surface area contributed by atoms with E-state index in [1.807, 2.05) is 56.3 Å². The minimum absolute atomic E-state index is 0.0562. The summed E-state index contributed by atoms with van der Waals surface area (Å²) in [6.07, 6.45) is 2.24. The van der Waals surface area contributed by atoms with Gasteiger partial charge in [0.15, 0.2) is 0 Å². The van der Waals surface area contributed by atoms with E-state index in [1.165, 1.54) is 0 Å². The van der Waals surface area contributed by atoms with Crippen LogP contribution in [0.2, 0.25) is 0 Å². The van der Waals surface area contributed by atoms with Crippen molar-refractivity contribution in [3.8, 4) is 17.2 Å². The summed E-state index contributed by atoms with van der Waals surface area (Å²) < 4.78 is 5.26. The third-order valence-electron chi connectivity index (χ3n) is 5.59. The standard InChI is InChI=1S/C27H34N2O3/c1-5-7-12-26(30)29(19-25(20(3)4)27(31)32-6-2)18-21-13-15-22(16-14-21)24-11-9-8-10-23(24)17-28/h8-11,13-16,20,25H,5-7,12,18-19H2,1-4H3. The Bertz CT molecular complexity index is 929. The first-order chi connectivity index (χ1) is 15.4. The highest BCUT2D eigenvalue weighted by atomic mass is 16.5. The SMILES string of the molecule is CCCCC(=O)N(Cc1ccc(-c2ccccc2C#N)cc1)CC(C(=O)OCC)C(C)C. The summed E-state index contributed by atoms with van der Waals surface area (Å²) in [4.78, 5) is 27.2. The highest BCUT2D eigenvalue weighted by Gasteiger charge is 2.28. The Morgan fingerprint density at radius 1 is 1.06 bits per heavy atom. The van der Waals surface area contributed by atoms with E-state index in [4.69, 9.17) is 4.74 Å². The number of esters is 1. The van der Waals surface area contributed by atoms with Crippen molar-refractivity contribution in [1.82, 2.24) is 4.90 Å². The number of nitrogens with zero attached hydrogens (tertiary/aromatic N) is 2. The first-order valence-electron chi connectivity index (χ1n) is 11.4. The van der Waals surface area contributed by atoms with Crippen LogP contribution in [0.5, 0.6) is 0 Å². The average Bonchev–Trinajstić information content (AvgIpc) is 2.80. The number of unbranched alkanes of at least 4 members (excludes halogenated alkanes) is 1. The summed E-state index contributed by atoms with van der Waals surface area (Å²) in [5.41, 5.74) is 3.46. The molecule has 0 saturated carbocycles. The molecule has 2 aromatic carbocycles. The lowest BCUT2D eigenvalue weighted by Gasteiger charge is -2.29. The van der Waals surface area contributed by atoms with Gasteiger partial charge >= 0.3 is 5.97 Å². The zero-order valence-corrected chi connectivity index (χ0v) is 19.6. The van der Waals surface area contributed by atoms with Crippen molar-refractivity contribution in [1.29, 1.82) is 5.26 Å². The van der Waals surface area contributed by atoms with Gasteiger partial charge in [-0.15, -0.1) is 0 Å². The van der Waals surface area contributed by atoms with E-state index in [-0.39, 0.29) is 23.7 Å². The van der Waals surface area contributed by atoms with Crippen LogP contribution in [0.25, 0.3) is 11.1 Å². The van der Waals surface area contributed by atoms with Crippen LogP contribution in [0.3, 0.4) is 0 Å². The van der Waals surface area contributed by atoms with Gasteiger partial charge < -0.3 is 9.64 Å². The van der Waals surface area contributed by atoms with E-state index in [2.05, 4.69) is 13.0 Å². The summed E-state index contributed by atoms with van der Waals surface area (Å²) in [6, 6.07) is 17.7. The highest BCUT2D eigenvalue weighted by Crippen LogP contribution is 2.24. The fourth-order valence-electron chi connectivity index (χ4n) is 3.63. The summed E-state index contributed by atoms with van der Waals surface area (Å²) in [5.74, 6) is -0.484. The van der Waals surface area contributed by atoms with Gasteiger partial charge in [-0.1, -0.05) is 69.7 Å². The number of amides is 1. The predicted molar refractivity (Wildman–Crippen MR) is 126 cm³/mol. The molecule has 1 atom stereocenters. The van der Waals surface area contributed by atoms with Gasteiger partial charge in [0.2, 0.25) is 5.91 Å². The lowest BCUT2D eigenvalue weighted by Crippen LogP contribution is -2.40. The van der Waals surface area contributed by atoms with Crippen molar-refractivity contribution >= 4 is 11.9 Å². The summed E-state index contributed by atoms with van der Waals surface area (Å²) in [7, 11) is 0. The second kappa shape index (κ2) is 12.7. The molecule has 0 aliphatic carbocycles. The first kappa shape index (κ1) is 25.1. The number of ether oxygens (including phenoxy) is 1. The summed E-state index contributed by atoms with van der Waals surface area (Å²) in [6.45, 7) is 8.94. The van der Waals surface area contributed by atoms with Gasteiger partial charge in [-0.25, -0.2) is 0 Å². The molecule has 5 nitrogen and oxygen atoms in total. The Hall–Kier alpha value is -3.13. The van der Waals surface area contributed by atoms with Crippen LogP contribution < -0.4 is 0 Å². The van der Waals surface area contributed by atoms with Crippen molar-refractivity contribution in [2.24, 2.45) is 11.8 Å². The molecule has 0 N–H and O–H groups in total. The van der Waals surface area contributed by atoms with E-state index < -0.39 is 0 Å². The third-order valence-corrected chi connectivity index (χ3v) is 5.59. The fraction of sp³-hybridized carbons (Fsp3) is 0.444. The van der Waals surface area contributed by atoms with Gasteiger partial charge in [0.25, 0.3) is 0 Å². The van der Waals surface area contributed by atoms with Crippen LogP contribution >= 0.6 is 0 Å². The van der Waals surface area contributed by atoms with E-state index in [0.29, 0.717) is 31.7 Å². The molecule has 0 aliphatic rings. The lowest BCUT2D eigenvalue weighted by molar-refractivity contribution is -0.151. The molecule has 0 spiro atoms. The molecule has 0 fully saturated rings. The Morgan fingerprint density at radius 2 is 1.75 bits per heavy atom. The Balaban J connectivity index is 2.24. The second-order valence-corrected chi connectivity index (χ2v) is 8.33. The monoisotopic (exact) mass is 434 g/mol. The molecule has 0 aromatic heterocycles. The maximum absolute atomic E-state index is 13.0. The summed E-state index contributed by atoms with van der Waals surface area (Å²) >= 11 is 0. The van der Waals surface area contributed by atoms with E-state index >= 15 is 0 Å². The molecule has 170 valence electrons. The van der Waals surface area contributed by atoms with Gasteiger partial charge in [-0.2, -0.15) is 5.26 Å². The first-order valence-corrected chi connectivity index (χ1v) is 11.4. The molecule has 0 saturated heterocycles. The number of hydrogen-bond donors (Lipinski definition) is 0. The van der Waals surface area contributed by atoms with Crippen LogP contribution in [0, 0.1) is 23.2 Å². The number of hydrogen-bond acceptors (Lipinski definition) is 4. The van der Waals surface area contributed by atoms with Crippen LogP contribution in [0.15, 0.2) is 48.5 Å². The molecule has 2 rings (SSSR count). The maximum Gasteiger partial charge on any atom is 0.310 e. The zero-order valence-electron chi connectivity index (χ0n) is 19.6. The van der Waals surface area contributed by atoms with Crippen molar-refractivity contribution in [2.75, 3.05) is 13.2 Å². The minimum Gasteiger partial charge on any atom is -0.466 e. The average molecular weight is 435 g/mol. The van der Waals surface area contributed by atoms with Gasteiger partial charge in [-0.05, 0) is 42.0 Å². The number of carbonyl (C=O) groups is 2. The number of carbonyl (C=O) groups excluding carboxylic acids is 2. The maximum atomic E-state index is 13.0. The Kier molecular flexibility index (Phi) is 9.94. The third kappa shape index (κ3) is 6.95. The predicted octanol–water partition coefficient (Wildman–Crippen LogP) is 5.58. The molecule has 0 radical (unpaired) electrons. The van der Waals surface area contributed by atoms with Crippen LogP contribution in [0.1, 0.15) is 58.1 Å². The molecule has 1 unspecified atom stereocenters. The molecular formula is C27H34N2O3. The van der Waals surface area contributed by atoms with Crippen molar-refractivity contribution < 1.29 is 14.3 Å². The topological polar surface area (TPSA) is 70.4 Å². The van der Waals surface area contributed by atoms with Crippen molar-refractivity contribution in [2.45, 2.75) is 53.5 Å². The van der Waals surface area contributed by atoms with E-state index in [0.717, 1.165) is 29.5 Å². The Morgan fingerprint density at radius 3 is 2.34 bits per heavy atom. The van der Waals surface area contributed by atoms with Crippen LogP contribution in [0.4, 0.5) is 0 Å². The molecular weight excluding hydrogens is 400 g/mol. The molecule has 1 amide bonds. The normalized spacial score (nSPS) is 11.6. The number of nitriles is 1. The fourth-order valence-corrected chi connectivity index (χ4v) is 3.63. The zero-order chi connectivity index (χ0) is 23.5. The molecule has 0 heterocycles. The van der Waals surface area contributed by atoms with E-state index in [9.17, 15) is 14.9 Å². The lowest BCUT2D eigenvalue weighted by atomic mass is 9.94. The largest absolute Gasteiger partial charge is 0.466 e. The van der Waals surface area contributed by atoms with Crippen molar-refractivity contribution in [3.63, 3.8) is 0 Å². The van der Waals surface area contributed by atoms with Crippen molar-refractivity contribution in [3.05, 3.63) is 59.7 Å².